The van der Waals surface area contributed by atoms with Crippen molar-refractivity contribution in [1.82, 2.24) is 10.6 Å². The number of benzene rings is 2. The molecule has 0 aliphatic carbocycles. The Morgan fingerprint density at radius 2 is 1.94 bits per heavy atom. The molecular formula is C23H29IN4O3. The number of hydrogen-bond acceptors (Lipinski definition) is 4. The van der Waals surface area contributed by atoms with Crippen molar-refractivity contribution in [2.45, 2.75) is 19.3 Å². The number of halogens is 1. The molecule has 166 valence electrons. The summed E-state index contributed by atoms with van der Waals surface area (Å²) in [5, 5.41) is 6.68. The summed E-state index contributed by atoms with van der Waals surface area (Å²) >= 11 is 0. The standard InChI is InChI=1S/C23H28N4O3.HI/c1-24-23(26-12-9-17-7-8-20-18(15-17)10-14-29-20)25-11-4-13-27-19-5-2-3-6-21(19)30-16-22(27)28;/h2-3,5-8,15H,4,9-14,16H2,1H3,(H2,24,25,26);1H. The van der Waals surface area contributed by atoms with E-state index in [4.69, 9.17) is 9.47 Å². The Labute approximate surface area is 200 Å². The van der Waals surface area contributed by atoms with Crippen LogP contribution in [0.4, 0.5) is 5.69 Å². The van der Waals surface area contributed by atoms with Gasteiger partial charge in [0.1, 0.15) is 11.5 Å². The Bertz CT molecular complexity index is 935. The van der Waals surface area contributed by atoms with Crippen molar-refractivity contribution in [2.75, 3.05) is 44.8 Å². The van der Waals surface area contributed by atoms with Crippen LogP contribution in [0.2, 0.25) is 0 Å². The molecule has 0 saturated heterocycles. The van der Waals surface area contributed by atoms with Gasteiger partial charge in [-0.05, 0) is 42.2 Å². The predicted octanol–water partition coefficient (Wildman–Crippen LogP) is 2.76. The Kier molecular flexibility index (Phi) is 8.39. The summed E-state index contributed by atoms with van der Waals surface area (Å²) < 4.78 is 11.1. The number of para-hydroxylation sites is 2. The van der Waals surface area contributed by atoms with Crippen molar-refractivity contribution in [3.05, 3.63) is 53.6 Å². The van der Waals surface area contributed by atoms with Gasteiger partial charge in [-0.2, -0.15) is 0 Å². The van der Waals surface area contributed by atoms with Crippen LogP contribution in [-0.4, -0.2) is 51.8 Å². The molecule has 2 N–H and O–H groups in total. The molecule has 0 unspecified atom stereocenters. The van der Waals surface area contributed by atoms with Gasteiger partial charge < -0.3 is 25.0 Å². The lowest BCUT2D eigenvalue weighted by atomic mass is 10.1. The van der Waals surface area contributed by atoms with Gasteiger partial charge in [-0.15, -0.1) is 24.0 Å². The van der Waals surface area contributed by atoms with Crippen LogP contribution in [0, 0.1) is 0 Å². The summed E-state index contributed by atoms with van der Waals surface area (Å²) in [4.78, 5) is 18.3. The zero-order valence-electron chi connectivity index (χ0n) is 17.7. The quantitative estimate of drug-likeness (QED) is 0.247. The van der Waals surface area contributed by atoms with Gasteiger partial charge in [-0.1, -0.05) is 24.3 Å². The zero-order valence-corrected chi connectivity index (χ0v) is 20.1. The fraction of sp³-hybridized carbons (Fsp3) is 0.391. The predicted molar refractivity (Wildman–Crippen MR) is 133 cm³/mol. The maximum Gasteiger partial charge on any atom is 0.265 e. The van der Waals surface area contributed by atoms with Crippen molar-refractivity contribution >= 4 is 41.5 Å². The highest BCUT2D eigenvalue weighted by molar-refractivity contribution is 14.0. The second-order valence-corrected chi connectivity index (χ2v) is 7.37. The van der Waals surface area contributed by atoms with Crippen LogP contribution >= 0.6 is 24.0 Å². The fourth-order valence-corrected chi connectivity index (χ4v) is 3.78. The number of aliphatic imine (C=N–C) groups is 1. The first-order chi connectivity index (χ1) is 14.7. The lowest BCUT2D eigenvalue weighted by Gasteiger charge is -2.29. The van der Waals surface area contributed by atoms with E-state index in [9.17, 15) is 4.79 Å². The van der Waals surface area contributed by atoms with Crippen molar-refractivity contribution in [3.8, 4) is 11.5 Å². The van der Waals surface area contributed by atoms with E-state index in [0.717, 1.165) is 62.1 Å². The van der Waals surface area contributed by atoms with E-state index in [1.54, 1.807) is 11.9 Å². The number of amides is 1. The molecule has 2 aromatic rings. The zero-order chi connectivity index (χ0) is 20.8. The highest BCUT2D eigenvalue weighted by atomic mass is 127. The van der Waals surface area contributed by atoms with Gasteiger partial charge >= 0.3 is 0 Å². The Morgan fingerprint density at radius 1 is 1.10 bits per heavy atom. The number of nitrogens with zero attached hydrogens (tertiary/aromatic N) is 2. The van der Waals surface area contributed by atoms with Gasteiger partial charge in [-0.25, -0.2) is 0 Å². The molecule has 7 nitrogen and oxygen atoms in total. The topological polar surface area (TPSA) is 75.2 Å². The Balaban J connectivity index is 0.00000272. The second kappa shape index (κ2) is 11.2. The van der Waals surface area contributed by atoms with Crippen LogP contribution in [0.25, 0.3) is 0 Å². The van der Waals surface area contributed by atoms with E-state index in [2.05, 4.69) is 33.8 Å². The molecule has 2 heterocycles. The molecule has 0 aromatic heterocycles. The summed E-state index contributed by atoms with van der Waals surface area (Å²) in [5.74, 6) is 2.55. The fourth-order valence-electron chi connectivity index (χ4n) is 3.78. The van der Waals surface area contributed by atoms with Gasteiger partial charge in [0, 0.05) is 33.1 Å². The van der Waals surface area contributed by atoms with E-state index in [-0.39, 0.29) is 36.5 Å². The summed E-state index contributed by atoms with van der Waals surface area (Å²) in [6.45, 7) is 3.05. The molecular weight excluding hydrogens is 507 g/mol. The Hall–Kier alpha value is -2.49. The number of anilines is 1. The first-order valence-corrected chi connectivity index (χ1v) is 10.5. The summed E-state index contributed by atoms with van der Waals surface area (Å²) in [7, 11) is 1.77. The van der Waals surface area contributed by atoms with Gasteiger partial charge in [0.25, 0.3) is 5.91 Å². The number of carbonyl (C=O) groups excluding carboxylic acids is 1. The second-order valence-electron chi connectivity index (χ2n) is 7.37. The summed E-state index contributed by atoms with van der Waals surface area (Å²) in [5.41, 5.74) is 3.44. The molecule has 8 heteroatoms. The maximum atomic E-state index is 12.2. The normalized spacial score (nSPS) is 14.7. The first-order valence-electron chi connectivity index (χ1n) is 10.5. The number of fused-ring (bicyclic) bond motifs is 2. The smallest absolute Gasteiger partial charge is 0.265 e. The maximum absolute atomic E-state index is 12.2. The molecule has 4 rings (SSSR count). The molecule has 0 fully saturated rings. The third-order valence-electron chi connectivity index (χ3n) is 5.34. The molecule has 31 heavy (non-hydrogen) atoms. The van der Waals surface area contributed by atoms with Crippen LogP contribution < -0.4 is 25.0 Å². The number of guanidine groups is 1. The number of ether oxygens (including phenoxy) is 2. The minimum Gasteiger partial charge on any atom is -0.493 e. The Morgan fingerprint density at radius 3 is 2.81 bits per heavy atom. The van der Waals surface area contributed by atoms with Gasteiger partial charge in [0.15, 0.2) is 12.6 Å². The lowest BCUT2D eigenvalue weighted by Crippen LogP contribution is -2.42. The van der Waals surface area contributed by atoms with Crippen molar-refractivity contribution in [2.24, 2.45) is 4.99 Å². The molecule has 0 atom stereocenters. The molecule has 2 aliphatic heterocycles. The third kappa shape index (κ3) is 5.81. The molecule has 0 radical (unpaired) electrons. The van der Waals surface area contributed by atoms with E-state index in [0.29, 0.717) is 6.54 Å². The van der Waals surface area contributed by atoms with E-state index in [1.165, 1.54) is 11.1 Å². The van der Waals surface area contributed by atoms with Gasteiger partial charge in [0.2, 0.25) is 0 Å². The molecule has 2 aromatic carbocycles. The molecule has 0 saturated carbocycles. The molecule has 0 bridgehead atoms. The van der Waals surface area contributed by atoms with E-state index in [1.807, 2.05) is 24.3 Å². The number of carbonyl (C=O) groups is 1. The average molecular weight is 536 g/mol. The SMILES string of the molecule is CN=C(NCCCN1C(=O)COc2ccccc21)NCCc1ccc2c(c1)CCO2.I. The first kappa shape index (κ1) is 23.2. The summed E-state index contributed by atoms with van der Waals surface area (Å²) in [6.07, 6.45) is 2.73. The monoisotopic (exact) mass is 536 g/mol. The number of hydrogen-bond donors (Lipinski definition) is 2. The molecule has 2 aliphatic rings. The highest BCUT2D eigenvalue weighted by Gasteiger charge is 2.24. The minimum absolute atomic E-state index is 0. The molecule has 0 spiro atoms. The highest BCUT2D eigenvalue weighted by Crippen LogP contribution is 2.31. The van der Waals surface area contributed by atoms with Crippen LogP contribution in [0.5, 0.6) is 11.5 Å². The van der Waals surface area contributed by atoms with Crippen molar-refractivity contribution in [1.29, 1.82) is 0 Å². The van der Waals surface area contributed by atoms with Crippen LogP contribution in [0.1, 0.15) is 17.5 Å². The van der Waals surface area contributed by atoms with Gasteiger partial charge in [0.05, 0.1) is 12.3 Å². The van der Waals surface area contributed by atoms with Crippen molar-refractivity contribution < 1.29 is 14.3 Å². The molecule has 1 amide bonds. The van der Waals surface area contributed by atoms with Crippen LogP contribution in [-0.2, 0) is 17.6 Å². The largest absolute Gasteiger partial charge is 0.493 e. The number of nitrogens with one attached hydrogen (secondary N) is 2. The number of rotatable bonds is 7. The van der Waals surface area contributed by atoms with Crippen LogP contribution in [0.3, 0.4) is 0 Å². The third-order valence-corrected chi connectivity index (χ3v) is 5.34. The summed E-state index contributed by atoms with van der Waals surface area (Å²) in [6, 6.07) is 14.1. The van der Waals surface area contributed by atoms with Gasteiger partial charge in [-0.3, -0.25) is 9.79 Å². The van der Waals surface area contributed by atoms with Crippen LogP contribution in [0.15, 0.2) is 47.5 Å². The minimum atomic E-state index is -0.00375. The van der Waals surface area contributed by atoms with Crippen molar-refractivity contribution in [3.63, 3.8) is 0 Å². The average Bonchev–Trinajstić information content (AvgIpc) is 3.24. The van der Waals surface area contributed by atoms with E-state index >= 15 is 0 Å². The lowest BCUT2D eigenvalue weighted by molar-refractivity contribution is -0.121. The van der Waals surface area contributed by atoms with E-state index < -0.39 is 0 Å².